The normalized spacial score (nSPS) is 10.8. The first-order valence-corrected chi connectivity index (χ1v) is 7.17. The van der Waals surface area contributed by atoms with Crippen molar-refractivity contribution in [2.45, 2.75) is 39.5 Å². The lowest BCUT2D eigenvalue weighted by atomic mass is 10.0. The van der Waals surface area contributed by atoms with Gasteiger partial charge in [0.15, 0.2) is 0 Å². The average Bonchev–Trinajstić information content (AvgIpc) is 2.79. The van der Waals surface area contributed by atoms with E-state index >= 15 is 0 Å². The number of carbonyl (C=O) groups is 1. The standard InChI is InChI=1S/C17H22N2O/c1-4-15-11-16(19(3)18-15)12-17(20)10-9-14-7-5-13(2)6-8-14/h5-8,11H,4,9-10,12H2,1-3H3. The van der Waals surface area contributed by atoms with Crippen LogP contribution in [0.2, 0.25) is 0 Å². The summed E-state index contributed by atoms with van der Waals surface area (Å²) in [6, 6.07) is 10.4. The van der Waals surface area contributed by atoms with Gasteiger partial charge in [-0.15, -0.1) is 0 Å². The SMILES string of the molecule is CCc1cc(CC(=O)CCc2ccc(C)cc2)n(C)n1. The lowest BCUT2D eigenvalue weighted by molar-refractivity contribution is -0.118. The molecule has 0 unspecified atom stereocenters. The Balaban J connectivity index is 1.89. The summed E-state index contributed by atoms with van der Waals surface area (Å²) in [4.78, 5) is 12.1. The number of nitrogens with zero attached hydrogens (tertiary/aromatic N) is 2. The fourth-order valence-electron chi connectivity index (χ4n) is 2.24. The number of Topliss-reactive ketones (excluding diaryl/α,β-unsaturated/α-hetero) is 1. The highest BCUT2D eigenvalue weighted by Gasteiger charge is 2.09. The Kier molecular flexibility index (Phi) is 4.72. The molecule has 0 fully saturated rings. The second-order valence-electron chi connectivity index (χ2n) is 5.31. The van der Waals surface area contributed by atoms with Gasteiger partial charge in [-0.1, -0.05) is 36.8 Å². The zero-order valence-corrected chi connectivity index (χ0v) is 12.5. The number of hydrogen-bond acceptors (Lipinski definition) is 2. The molecule has 0 amide bonds. The van der Waals surface area contributed by atoms with E-state index in [-0.39, 0.29) is 5.78 Å². The predicted octanol–water partition coefficient (Wildman–Crippen LogP) is 3.04. The molecule has 0 saturated heterocycles. The van der Waals surface area contributed by atoms with E-state index in [1.807, 2.05) is 17.8 Å². The van der Waals surface area contributed by atoms with Gasteiger partial charge in [-0.05, 0) is 31.4 Å². The van der Waals surface area contributed by atoms with Crippen LogP contribution in [-0.2, 0) is 31.1 Å². The molecule has 3 heteroatoms. The Morgan fingerprint density at radius 3 is 2.55 bits per heavy atom. The minimum atomic E-state index is 0.274. The molecule has 106 valence electrons. The van der Waals surface area contributed by atoms with Gasteiger partial charge < -0.3 is 0 Å². The number of aromatic nitrogens is 2. The molecule has 0 N–H and O–H groups in total. The van der Waals surface area contributed by atoms with Crippen molar-refractivity contribution in [2.75, 3.05) is 0 Å². The van der Waals surface area contributed by atoms with Crippen LogP contribution in [0, 0.1) is 6.92 Å². The van der Waals surface area contributed by atoms with Crippen LogP contribution in [0.3, 0.4) is 0 Å². The second-order valence-corrected chi connectivity index (χ2v) is 5.31. The summed E-state index contributed by atoms with van der Waals surface area (Å²) in [5, 5.41) is 4.37. The van der Waals surface area contributed by atoms with E-state index in [1.165, 1.54) is 11.1 Å². The Bertz CT molecular complexity index is 582. The Morgan fingerprint density at radius 1 is 1.25 bits per heavy atom. The van der Waals surface area contributed by atoms with Crippen molar-refractivity contribution in [1.82, 2.24) is 9.78 Å². The first-order valence-electron chi connectivity index (χ1n) is 7.17. The number of hydrogen-bond donors (Lipinski definition) is 0. The Labute approximate surface area is 120 Å². The first-order chi connectivity index (χ1) is 9.58. The van der Waals surface area contributed by atoms with E-state index in [4.69, 9.17) is 0 Å². The van der Waals surface area contributed by atoms with Gasteiger partial charge in [-0.25, -0.2) is 0 Å². The van der Waals surface area contributed by atoms with Crippen LogP contribution in [0.25, 0.3) is 0 Å². The highest BCUT2D eigenvalue weighted by molar-refractivity contribution is 5.80. The first kappa shape index (κ1) is 14.5. The van der Waals surface area contributed by atoms with Crippen molar-refractivity contribution in [1.29, 1.82) is 0 Å². The number of ketones is 1. The highest BCUT2D eigenvalue weighted by Crippen LogP contribution is 2.09. The fraction of sp³-hybridized carbons (Fsp3) is 0.412. The molecule has 2 aromatic rings. The molecule has 2 rings (SSSR count). The van der Waals surface area contributed by atoms with Crippen molar-refractivity contribution < 1.29 is 4.79 Å². The largest absolute Gasteiger partial charge is 0.299 e. The van der Waals surface area contributed by atoms with Crippen LogP contribution in [0.5, 0.6) is 0 Å². The smallest absolute Gasteiger partial charge is 0.139 e. The molecule has 0 saturated carbocycles. The molecule has 0 aliphatic heterocycles. The van der Waals surface area contributed by atoms with Gasteiger partial charge in [0.25, 0.3) is 0 Å². The Morgan fingerprint density at radius 2 is 1.95 bits per heavy atom. The average molecular weight is 270 g/mol. The Hall–Kier alpha value is -1.90. The van der Waals surface area contributed by atoms with Crippen LogP contribution >= 0.6 is 0 Å². The van der Waals surface area contributed by atoms with Gasteiger partial charge in [0.2, 0.25) is 0 Å². The molecule has 20 heavy (non-hydrogen) atoms. The summed E-state index contributed by atoms with van der Waals surface area (Å²) >= 11 is 0. The maximum Gasteiger partial charge on any atom is 0.139 e. The molecule has 1 aromatic carbocycles. The number of rotatable bonds is 6. The van der Waals surface area contributed by atoms with E-state index in [9.17, 15) is 4.79 Å². The topological polar surface area (TPSA) is 34.9 Å². The quantitative estimate of drug-likeness (QED) is 0.808. The molecule has 1 heterocycles. The number of benzene rings is 1. The van der Waals surface area contributed by atoms with Crippen LogP contribution < -0.4 is 0 Å². The van der Waals surface area contributed by atoms with Gasteiger partial charge in [0.1, 0.15) is 5.78 Å². The van der Waals surface area contributed by atoms with E-state index in [1.54, 1.807) is 0 Å². The van der Waals surface area contributed by atoms with Crippen molar-refractivity contribution in [2.24, 2.45) is 7.05 Å². The maximum absolute atomic E-state index is 12.1. The van der Waals surface area contributed by atoms with Crippen molar-refractivity contribution in [3.8, 4) is 0 Å². The molecule has 0 bridgehead atoms. The van der Waals surface area contributed by atoms with E-state index in [0.29, 0.717) is 12.8 Å². The zero-order chi connectivity index (χ0) is 14.5. The van der Waals surface area contributed by atoms with Crippen LogP contribution in [0.1, 0.15) is 35.9 Å². The van der Waals surface area contributed by atoms with Crippen LogP contribution in [-0.4, -0.2) is 15.6 Å². The molecule has 0 atom stereocenters. The van der Waals surface area contributed by atoms with Gasteiger partial charge in [-0.2, -0.15) is 5.10 Å². The van der Waals surface area contributed by atoms with Gasteiger partial charge in [0.05, 0.1) is 5.69 Å². The van der Waals surface area contributed by atoms with Crippen LogP contribution in [0.4, 0.5) is 0 Å². The maximum atomic E-state index is 12.1. The zero-order valence-electron chi connectivity index (χ0n) is 12.5. The lowest BCUT2D eigenvalue weighted by Crippen LogP contribution is -2.08. The molecular formula is C17H22N2O. The van der Waals surface area contributed by atoms with Crippen molar-refractivity contribution in [3.05, 3.63) is 52.8 Å². The monoisotopic (exact) mass is 270 g/mol. The summed E-state index contributed by atoms with van der Waals surface area (Å²) < 4.78 is 1.82. The van der Waals surface area contributed by atoms with E-state index in [0.717, 1.165) is 24.2 Å². The molecule has 0 aliphatic rings. The summed E-state index contributed by atoms with van der Waals surface area (Å²) in [5.74, 6) is 0.274. The minimum Gasteiger partial charge on any atom is -0.299 e. The third-order valence-electron chi connectivity index (χ3n) is 3.58. The van der Waals surface area contributed by atoms with E-state index in [2.05, 4.69) is 43.2 Å². The molecule has 1 aromatic heterocycles. The fourth-order valence-corrected chi connectivity index (χ4v) is 2.24. The van der Waals surface area contributed by atoms with Crippen molar-refractivity contribution in [3.63, 3.8) is 0 Å². The summed E-state index contributed by atoms with van der Waals surface area (Å²) in [6.07, 6.45) is 2.80. The van der Waals surface area contributed by atoms with Crippen LogP contribution in [0.15, 0.2) is 30.3 Å². The number of carbonyl (C=O) groups excluding carboxylic acids is 1. The van der Waals surface area contributed by atoms with E-state index < -0.39 is 0 Å². The molecule has 3 nitrogen and oxygen atoms in total. The number of aryl methyl sites for hydroxylation is 4. The summed E-state index contributed by atoms with van der Waals surface area (Å²) in [6.45, 7) is 4.15. The molecule has 0 aliphatic carbocycles. The predicted molar refractivity (Wildman–Crippen MR) is 80.8 cm³/mol. The highest BCUT2D eigenvalue weighted by atomic mass is 16.1. The molecular weight excluding hydrogens is 248 g/mol. The van der Waals surface area contributed by atoms with Gasteiger partial charge in [0, 0.05) is 25.6 Å². The van der Waals surface area contributed by atoms with Crippen molar-refractivity contribution >= 4 is 5.78 Å². The third kappa shape index (κ3) is 3.80. The second kappa shape index (κ2) is 6.51. The molecule has 0 spiro atoms. The van der Waals surface area contributed by atoms with Gasteiger partial charge >= 0.3 is 0 Å². The van der Waals surface area contributed by atoms with Gasteiger partial charge in [-0.3, -0.25) is 9.48 Å². The minimum absolute atomic E-state index is 0.274. The third-order valence-corrected chi connectivity index (χ3v) is 3.58. The summed E-state index contributed by atoms with van der Waals surface area (Å²) in [5.41, 5.74) is 4.54. The summed E-state index contributed by atoms with van der Waals surface area (Å²) in [7, 11) is 1.90. The lowest BCUT2D eigenvalue weighted by Gasteiger charge is -2.03. The molecule has 0 radical (unpaired) electrons.